The van der Waals surface area contributed by atoms with Gasteiger partial charge in [0.2, 0.25) is 16.0 Å². The van der Waals surface area contributed by atoms with E-state index in [1.165, 1.54) is 4.68 Å². The summed E-state index contributed by atoms with van der Waals surface area (Å²) in [5, 5.41) is 15.8. The normalized spacial score (nSPS) is 11.5. The molecule has 4 rings (SSSR count). The number of halogens is 1. The molecular weight excluding hydrogens is 478 g/mol. The summed E-state index contributed by atoms with van der Waals surface area (Å²) in [6.45, 7) is 0.122. The van der Waals surface area contributed by atoms with Crippen LogP contribution in [0.4, 0.5) is 11.6 Å². The first-order chi connectivity index (χ1) is 16.3. The summed E-state index contributed by atoms with van der Waals surface area (Å²) in [5.41, 5.74) is 1.30. The van der Waals surface area contributed by atoms with Crippen molar-refractivity contribution in [2.24, 2.45) is 0 Å². The highest BCUT2D eigenvalue weighted by Crippen LogP contribution is 2.30. The van der Waals surface area contributed by atoms with Gasteiger partial charge in [-0.2, -0.15) is 0 Å². The van der Waals surface area contributed by atoms with Crippen molar-refractivity contribution >= 4 is 49.9 Å². The van der Waals surface area contributed by atoms with E-state index in [2.05, 4.69) is 25.6 Å². The number of rotatable bonds is 8. The maximum absolute atomic E-state index is 13.1. The van der Waals surface area contributed by atoms with Crippen molar-refractivity contribution in [2.45, 2.75) is 11.4 Å². The zero-order valence-corrected chi connectivity index (χ0v) is 20.0. The van der Waals surface area contributed by atoms with E-state index in [-0.39, 0.29) is 23.9 Å². The average molecular weight is 500 g/mol. The Morgan fingerprint density at radius 2 is 1.74 bits per heavy atom. The molecule has 1 heterocycles. The number of sulfonamides is 1. The lowest BCUT2D eigenvalue weighted by Gasteiger charge is -2.17. The van der Waals surface area contributed by atoms with Crippen LogP contribution in [-0.4, -0.2) is 55.2 Å². The molecule has 0 bridgehead atoms. The number of hydrogen-bond acceptors (Lipinski definition) is 7. The molecule has 2 N–H and O–H groups in total. The zero-order valence-electron chi connectivity index (χ0n) is 18.4. The average Bonchev–Trinajstić information content (AvgIpc) is 3.25. The molecule has 1 amide bonds. The van der Waals surface area contributed by atoms with Crippen molar-refractivity contribution in [2.75, 3.05) is 30.9 Å². The fraction of sp³-hybridized carbons (Fsp3) is 0.182. The Morgan fingerprint density at radius 1 is 1.03 bits per heavy atom. The highest BCUT2D eigenvalue weighted by atomic mass is 35.5. The smallest absolute Gasteiger partial charge is 0.258 e. The number of carbonyl (C=O) groups excluding carboxylic acids is 1. The summed E-state index contributed by atoms with van der Waals surface area (Å²) >= 11 is 5.85. The van der Waals surface area contributed by atoms with Gasteiger partial charge in [-0.25, -0.2) is 17.8 Å². The number of carbonyl (C=O) groups is 1. The second kappa shape index (κ2) is 9.75. The van der Waals surface area contributed by atoms with Crippen LogP contribution in [0.2, 0.25) is 5.02 Å². The number of fused-ring (bicyclic) bond motifs is 1. The molecule has 0 aliphatic carbocycles. The van der Waals surface area contributed by atoms with Crippen molar-refractivity contribution in [3.63, 3.8) is 0 Å². The molecule has 0 aliphatic heterocycles. The predicted octanol–water partition coefficient (Wildman–Crippen LogP) is 2.78. The molecular formula is C22H22ClN7O3S. The van der Waals surface area contributed by atoms with Gasteiger partial charge in [0.05, 0.1) is 11.4 Å². The quantitative estimate of drug-likeness (QED) is 0.382. The van der Waals surface area contributed by atoms with Crippen LogP contribution in [-0.2, 0) is 16.6 Å². The second-order valence-corrected chi connectivity index (χ2v) is 9.78. The van der Waals surface area contributed by atoms with Crippen molar-refractivity contribution in [3.05, 3.63) is 71.2 Å². The molecule has 1 aromatic heterocycles. The molecule has 0 radical (unpaired) electrons. The first-order valence-corrected chi connectivity index (χ1v) is 12.1. The molecule has 0 saturated carbocycles. The Morgan fingerprint density at radius 3 is 2.47 bits per heavy atom. The van der Waals surface area contributed by atoms with Crippen LogP contribution in [0.1, 0.15) is 10.4 Å². The third kappa shape index (κ3) is 5.01. The van der Waals surface area contributed by atoms with E-state index in [0.29, 0.717) is 16.0 Å². The molecule has 0 saturated heterocycles. The van der Waals surface area contributed by atoms with Gasteiger partial charge in [0.15, 0.2) is 0 Å². The first kappa shape index (κ1) is 23.6. The van der Waals surface area contributed by atoms with Gasteiger partial charge in [-0.15, -0.1) is 0 Å². The number of amides is 1. The summed E-state index contributed by atoms with van der Waals surface area (Å²) in [7, 11) is -0.00302. The summed E-state index contributed by atoms with van der Waals surface area (Å²) in [5.74, 6) is -0.319. The molecule has 0 aliphatic rings. The van der Waals surface area contributed by atoms with Gasteiger partial charge < -0.3 is 4.90 Å². The van der Waals surface area contributed by atoms with E-state index in [0.717, 1.165) is 11.1 Å². The minimum Gasteiger partial charge on any atom is -0.377 e. The fourth-order valence-corrected chi connectivity index (χ4v) is 4.84. The summed E-state index contributed by atoms with van der Waals surface area (Å²) in [6, 6.07) is 17.1. The molecule has 4 aromatic rings. The zero-order chi connectivity index (χ0) is 24.3. The van der Waals surface area contributed by atoms with Crippen molar-refractivity contribution in [1.29, 1.82) is 0 Å². The van der Waals surface area contributed by atoms with E-state index >= 15 is 0 Å². The molecule has 0 unspecified atom stereocenters. The monoisotopic (exact) mass is 499 g/mol. The Bertz CT molecular complexity index is 1440. The largest absolute Gasteiger partial charge is 0.377 e. The molecule has 12 heteroatoms. The third-order valence-corrected chi connectivity index (χ3v) is 6.88. The van der Waals surface area contributed by atoms with Gasteiger partial charge in [0, 0.05) is 47.7 Å². The van der Waals surface area contributed by atoms with Gasteiger partial charge in [0.1, 0.15) is 0 Å². The van der Waals surface area contributed by atoms with E-state index in [4.69, 9.17) is 11.6 Å². The molecule has 0 spiro atoms. The number of aromatic nitrogens is 4. The highest BCUT2D eigenvalue weighted by molar-refractivity contribution is 7.89. The predicted molar refractivity (Wildman–Crippen MR) is 131 cm³/mol. The molecule has 176 valence electrons. The van der Waals surface area contributed by atoms with Crippen LogP contribution in [0.15, 0.2) is 65.6 Å². The number of benzene rings is 3. The van der Waals surface area contributed by atoms with E-state index in [1.807, 2.05) is 37.2 Å². The summed E-state index contributed by atoms with van der Waals surface area (Å²) in [6.07, 6.45) is 0. The molecule has 0 fully saturated rings. The molecule has 3 aromatic carbocycles. The lowest BCUT2D eigenvalue weighted by molar-refractivity contribution is 0.102. The van der Waals surface area contributed by atoms with E-state index in [1.54, 1.807) is 42.5 Å². The van der Waals surface area contributed by atoms with Gasteiger partial charge in [-0.1, -0.05) is 41.0 Å². The summed E-state index contributed by atoms with van der Waals surface area (Å²) in [4.78, 5) is 14.5. The van der Waals surface area contributed by atoms with Crippen molar-refractivity contribution < 1.29 is 13.2 Å². The van der Waals surface area contributed by atoms with Crippen molar-refractivity contribution in [3.8, 4) is 0 Å². The molecule has 0 atom stereocenters. The van der Waals surface area contributed by atoms with Crippen LogP contribution in [0.5, 0.6) is 0 Å². The SMILES string of the molecule is CN(C)c1cccc2c(S(=O)(=O)NCCn3nnnc3NC(=O)c3ccc(Cl)cc3)cccc12. The van der Waals surface area contributed by atoms with Crippen LogP contribution >= 0.6 is 11.6 Å². The second-order valence-electron chi connectivity index (χ2n) is 7.61. The van der Waals surface area contributed by atoms with Crippen LogP contribution in [0.3, 0.4) is 0 Å². The lowest BCUT2D eigenvalue weighted by atomic mass is 10.1. The Kier molecular flexibility index (Phi) is 6.77. The minimum absolute atomic E-state index is 0.0148. The summed E-state index contributed by atoms with van der Waals surface area (Å²) < 4.78 is 30.0. The van der Waals surface area contributed by atoms with Gasteiger partial charge >= 0.3 is 0 Å². The Labute approximate surface area is 201 Å². The van der Waals surface area contributed by atoms with Gasteiger partial charge in [-0.05, 0) is 46.8 Å². The highest BCUT2D eigenvalue weighted by Gasteiger charge is 2.19. The number of nitrogens with one attached hydrogen (secondary N) is 2. The Balaban J connectivity index is 1.46. The van der Waals surface area contributed by atoms with Gasteiger partial charge in [-0.3, -0.25) is 10.1 Å². The molecule has 10 nitrogen and oxygen atoms in total. The molecule has 34 heavy (non-hydrogen) atoms. The van der Waals surface area contributed by atoms with Crippen LogP contribution < -0.4 is 14.9 Å². The lowest BCUT2D eigenvalue weighted by Crippen LogP contribution is -2.28. The third-order valence-electron chi connectivity index (χ3n) is 5.11. The number of hydrogen-bond donors (Lipinski definition) is 2. The minimum atomic E-state index is -3.82. The maximum Gasteiger partial charge on any atom is 0.258 e. The number of anilines is 2. The standard InChI is InChI=1S/C22H22ClN7O3S/c1-29(2)19-7-3-6-18-17(19)5-4-8-20(18)34(32,33)24-13-14-30-22(26-27-28-30)25-21(31)15-9-11-16(23)12-10-15/h3-12,24H,13-14H2,1-2H3,(H,25,26,28,31). The van der Waals surface area contributed by atoms with E-state index < -0.39 is 15.9 Å². The fourth-order valence-electron chi connectivity index (χ4n) is 3.47. The number of nitrogens with zero attached hydrogens (tertiary/aromatic N) is 5. The topological polar surface area (TPSA) is 122 Å². The van der Waals surface area contributed by atoms with Crippen molar-refractivity contribution in [1.82, 2.24) is 24.9 Å². The Hall–Kier alpha value is -3.54. The van der Waals surface area contributed by atoms with E-state index in [9.17, 15) is 13.2 Å². The number of tetrazole rings is 1. The maximum atomic E-state index is 13.1. The van der Waals surface area contributed by atoms with Crippen LogP contribution in [0.25, 0.3) is 10.8 Å². The van der Waals surface area contributed by atoms with Gasteiger partial charge in [0.25, 0.3) is 5.91 Å². The first-order valence-electron chi connectivity index (χ1n) is 10.3. The van der Waals surface area contributed by atoms with Crippen LogP contribution in [0, 0.1) is 0 Å².